The lowest BCUT2D eigenvalue weighted by molar-refractivity contribution is -0.131. The fourth-order valence-corrected chi connectivity index (χ4v) is 6.45. The number of rotatable bonds is 10. The fraction of sp³-hybridized carbons (Fsp3) is 0.389. The Bertz CT molecular complexity index is 1510. The number of nitrogens with zero attached hydrogens (tertiary/aromatic N) is 1. The first-order valence-electron chi connectivity index (χ1n) is 15.3. The first-order valence-corrected chi connectivity index (χ1v) is 15.6. The second kappa shape index (κ2) is 13.8. The number of carbonyl (C=O) groups is 2. The van der Waals surface area contributed by atoms with E-state index in [-0.39, 0.29) is 23.9 Å². The molecule has 1 saturated heterocycles. The van der Waals surface area contributed by atoms with Gasteiger partial charge in [0.1, 0.15) is 5.75 Å². The number of aryl methyl sites for hydroxylation is 3. The molecule has 6 nitrogen and oxygen atoms in total. The Morgan fingerprint density at radius 2 is 1.79 bits per heavy atom. The van der Waals surface area contributed by atoms with Crippen molar-refractivity contribution in [1.82, 2.24) is 15.5 Å². The number of nitrogens with one attached hydrogen (secondary N) is 2. The maximum atomic E-state index is 13.7. The van der Waals surface area contributed by atoms with Crippen molar-refractivity contribution in [2.24, 2.45) is 0 Å². The Hall–Kier alpha value is -3.61. The van der Waals surface area contributed by atoms with Gasteiger partial charge in [-0.25, -0.2) is 0 Å². The first-order chi connectivity index (χ1) is 20.7. The van der Waals surface area contributed by atoms with E-state index in [1.54, 1.807) is 6.92 Å². The highest BCUT2D eigenvalue weighted by atomic mass is 35.5. The average molecular weight is 600 g/mol. The van der Waals surface area contributed by atoms with E-state index in [1.807, 2.05) is 29.2 Å². The molecular weight excluding hydrogens is 558 g/mol. The Kier molecular flexibility index (Phi) is 9.89. The van der Waals surface area contributed by atoms with E-state index >= 15 is 0 Å². The van der Waals surface area contributed by atoms with Crippen LogP contribution < -0.4 is 15.4 Å². The molecule has 7 heteroatoms. The molecule has 1 fully saturated rings. The first kappa shape index (κ1) is 30.8. The summed E-state index contributed by atoms with van der Waals surface area (Å²) < 4.78 is 6.15. The third-order valence-corrected chi connectivity index (χ3v) is 9.04. The zero-order valence-electron chi connectivity index (χ0n) is 25.6. The largest absolute Gasteiger partial charge is 0.493 e. The predicted octanol–water partition coefficient (Wildman–Crippen LogP) is 5.98. The molecule has 226 valence electrons. The molecule has 3 aromatic rings. The summed E-state index contributed by atoms with van der Waals surface area (Å²) in [7, 11) is 0. The third kappa shape index (κ3) is 7.49. The summed E-state index contributed by atoms with van der Waals surface area (Å²) in [6, 6.07) is 20.5. The van der Waals surface area contributed by atoms with Crippen molar-refractivity contribution in [3.63, 3.8) is 0 Å². The number of benzene rings is 3. The molecule has 2 heterocycles. The van der Waals surface area contributed by atoms with Gasteiger partial charge in [-0.15, -0.1) is 0 Å². The minimum absolute atomic E-state index is 0.0436. The highest BCUT2D eigenvalue weighted by molar-refractivity contribution is 6.31. The van der Waals surface area contributed by atoms with Gasteiger partial charge in [-0.05, 0) is 91.1 Å². The summed E-state index contributed by atoms with van der Waals surface area (Å²) in [4.78, 5) is 27.8. The average Bonchev–Trinajstić information content (AvgIpc) is 2.98. The normalized spacial score (nSPS) is 18.0. The molecule has 2 N–H and O–H groups in total. The molecule has 2 aliphatic rings. The summed E-state index contributed by atoms with van der Waals surface area (Å²) in [6.45, 7) is 10.2. The fourth-order valence-electron chi connectivity index (χ4n) is 6.22. The maximum Gasteiger partial charge on any atom is 0.249 e. The Labute approximate surface area is 260 Å². The zero-order valence-corrected chi connectivity index (χ0v) is 26.4. The van der Waals surface area contributed by atoms with Gasteiger partial charge in [-0.3, -0.25) is 9.59 Å². The van der Waals surface area contributed by atoms with Crippen molar-refractivity contribution in [2.75, 3.05) is 26.2 Å². The lowest BCUT2D eigenvalue weighted by Crippen LogP contribution is -2.61. The van der Waals surface area contributed by atoms with Crippen LogP contribution in [-0.2, 0) is 22.4 Å². The van der Waals surface area contributed by atoms with E-state index in [1.165, 1.54) is 22.3 Å². The van der Waals surface area contributed by atoms with Gasteiger partial charge >= 0.3 is 0 Å². The predicted molar refractivity (Wildman–Crippen MR) is 174 cm³/mol. The summed E-state index contributed by atoms with van der Waals surface area (Å²) in [5.41, 5.74) is 8.76. The molecule has 0 aromatic heterocycles. The molecule has 2 atom stereocenters. The van der Waals surface area contributed by atoms with Crippen molar-refractivity contribution in [3.05, 3.63) is 105 Å². The topological polar surface area (TPSA) is 70.7 Å². The minimum Gasteiger partial charge on any atom is -0.493 e. The number of fused-ring (bicyclic) bond motifs is 2. The summed E-state index contributed by atoms with van der Waals surface area (Å²) in [5.74, 6) is 0.918. The van der Waals surface area contributed by atoms with Gasteiger partial charge in [-0.2, -0.15) is 0 Å². The quantitative estimate of drug-likeness (QED) is 0.281. The number of hydrogen-bond acceptors (Lipinski definition) is 4. The number of amides is 2. The van der Waals surface area contributed by atoms with Crippen LogP contribution >= 0.6 is 11.6 Å². The lowest BCUT2D eigenvalue weighted by atomic mass is 9.83. The van der Waals surface area contributed by atoms with Crippen LogP contribution in [0.25, 0.3) is 5.57 Å². The molecule has 43 heavy (non-hydrogen) atoms. The minimum atomic E-state index is -0.205. The monoisotopic (exact) mass is 599 g/mol. The Morgan fingerprint density at radius 3 is 2.53 bits per heavy atom. The van der Waals surface area contributed by atoms with Gasteiger partial charge in [0, 0.05) is 49.6 Å². The lowest BCUT2D eigenvalue weighted by Gasteiger charge is -2.44. The molecule has 2 aliphatic heterocycles. The van der Waals surface area contributed by atoms with E-state index < -0.39 is 0 Å². The smallest absolute Gasteiger partial charge is 0.249 e. The van der Waals surface area contributed by atoms with Gasteiger partial charge in [0.05, 0.1) is 12.6 Å². The molecule has 0 spiro atoms. The number of ether oxygens (including phenoxy) is 1. The van der Waals surface area contributed by atoms with Gasteiger partial charge in [0.25, 0.3) is 0 Å². The van der Waals surface area contributed by atoms with Crippen LogP contribution in [0.15, 0.2) is 66.2 Å². The van der Waals surface area contributed by atoms with Crippen LogP contribution in [0.2, 0.25) is 5.02 Å². The van der Waals surface area contributed by atoms with E-state index in [0.717, 1.165) is 52.3 Å². The molecule has 0 saturated carbocycles. The molecule has 0 radical (unpaired) electrons. The van der Waals surface area contributed by atoms with Crippen LogP contribution in [0, 0.1) is 20.8 Å². The number of halogens is 1. The third-order valence-electron chi connectivity index (χ3n) is 8.68. The molecule has 5 rings (SSSR count). The SMILES string of the molecule is CC(=O)N1C[C@H]2CC(c3ccc(CCOc4cc(C)cc(C)c4C)cc3)=C(C(=O)NCCCc3ccccc3Cl)[C@@H](C1)N2. The second-order valence-electron chi connectivity index (χ2n) is 11.9. The van der Waals surface area contributed by atoms with Crippen molar-refractivity contribution in [2.45, 2.75) is 65.5 Å². The van der Waals surface area contributed by atoms with Gasteiger partial charge in [-0.1, -0.05) is 60.1 Å². The highest BCUT2D eigenvalue weighted by Gasteiger charge is 2.38. The van der Waals surface area contributed by atoms with Crippen LogP contribution in [0.4, 0.5) is 0 Å². The van der Waals surface area contributed by atoms with Crippen molar-refractivity contribution < 1.29 is 14.3 Å². The van der Waals surface area contributed by atoms with Gasteiger partial charge < -0.3 is 20.3 Å². The standard InChI is InChI=1S/C36H42ClN3O3/c1-23-18-24(2)25(3)34(19-23)43-17-15-27-11-13-28(14-12-27)31-20-30-21-40(26(4)41)22-33(39-30)35(31)36(42)38-16-7-9-29-8-5-6-10-32(29)37/h5-6,8,10-14,18-19,30,33,39H,7,9,15-17,20-22H2,1-4H3,(H,38,42)/t30-,33-/m1/s1. The maximum absolute atomic E-state index is 13.7. The van der Waals surface area contributed by atoms with E-state index in [2.05, 4.69) is 67.8 Å². The molecule has 3 aromatic carbocycles. The van der Waals surface area contributed by atoms with Crippen molar-refractivity contribution in [3.8, 4) is 5.75 Å². The van der Waals surface area contributed by atoms with E-state index in [0.29, 0.717) is 32.7 Å². The zero-order chi connectivity index (χ0) is 30.5. The van der Waals surface area contributed by atoms with Crippen LogP contribution in [-0.4, -0.2) is 55.0 Å². The van der Waals surface area contributed by atoms with E-state index in [9.17, 15) is 9.59 Å². The van der Waals surface area contributed by atoms with E-state index in [4.69, 9.17) is 16.3 Å². The number of hydrogen-bond donors (Lipinski definition) is 2. The van der Waals surface area contributed by atoms with Crippen molar-refractivity contribution in [1.29, 1.82) is 0 Å². The second-order valence-corrected chi connectivity index (χ2v) is 12.3. The Morgan fingerprint density at radius 1 is 1.02 bits per heavy atom. The van der Waals surface area contributed by atoms with Crippen LogP contribution in [0.3, 0.4) is 0 Å². The molecule has 0 unspecified atom stereocenters. The van der Waals surface area contributed by atoms with Crippen molar-refractivity contribution >= 4 is 29.0 Å². The summed E-state index contributed by atoms with van der Waals surface area (Å²) in [5, 5.41) is 7.52. The molecule has 0 aliphatic carbocycles. The van der Waals surface area contributed by atoms with Gasteiger partial charge in [0.2, 0.25) is 11.8 Å². The number of carbonyl (C=O) groups excluding carboxylic acids is 2. The molecule has 2 bridgehead atoms. The van der Waals surface area contributed by atoms with Crippen LogP contribution in [0.1, 0.15) is 53.1 Å². The van der Waals surface area contributed by atoms with Crippen LogP contribution in [0.5, 0.6) is 5.75 Å². The Balaban J connectivity index is 1.29. The summed E-state index contributed by atoms with van der Waals surface area (Å²) >= 11 is 6.31. The molecule has 2 amide bonds. The molecular formula is C36H42ClN3O3. The highest BCUT2D eigenvalue weighted by Crippen LogP contribution is 2.33. The van der Waals surface area contributed by atoms with Gasteiger partial charge in [0.15, 0.2) is 0 Å². The number of piperazine rings is 1. The summed E-state index contributed by atoms with van der Waals surface area (Å²) in [6.07, 6.45) is 3.07.